The van der Waals surface area contributed by atoms with Crippen LogP contribution in [0.1, 0.15) is 37.1 Å². The average molecular weight is 309 g/mol. The molecule has 6 nitrogen and oxygen atoms in total. The summed E-state index contributed by atoms with van der Waals surface area (Å²) < 4.78 is 32.3. The van der Waals surface area contributed by atoms with Crippen molar-refractivity contribution in [1.29, 1.82) is 0 Å². The third-order valence-electron chi connectivity index (χ3n) is 3.06. The Hall–Kier alpha value is -1.70. The second-order valence-corrected chi connectivity index (χ2v) is 6.53. The Bertz CT molecular complexity index is 708. The van der Waals surface area contributed by atoms with E-state index < -0.39 is 10.0 Å². The summed E-state index contributed by atoms with van der Waals surface area (Å²) in [6.45, 7) is 3.76. The van der Waals surface area contributed by atoms with E-state index in [0.29, 0.717) is 5.89 Å². The minimum atomic E-state index is -3.62. The van der Waals surface area contributed by atoms with Gasteiger partial charge >= 0.3 is 0 Å². The lowest BCUT2D eigenvalue weighted by Gasteiger charge is -2.09. The topological polar surface area (TPSA) is 98.2 Å². The summed E-state index contributed by atoms with van der Waals surface area (Å²) >= 11 is 0. The third kappa shape index (κ3) is 3.90. The largest absolute Gasteiger partial charge is 0.444 e. The number of sulfonamides is 1. The van der Waals surface area contributed by atoms with Crippen molar-refractivity contribution in [3.05, 3.63) is 47.7 Å². The molecule has 0 saturated carbocycles. The maximum absolute atomic E-state index is 12.2. The number of rotatable bonds is 6. The smallest absolute Gasteiger partial charge is 0.241 e. The highest BCUT2D eigenvalue weighted by Crippen LogP contribution is 2.16. The first-order valence-electron chi connectivity index (χ1n) is 6.71. The predicted molar refractivity (Wildman–Crippen MR) is 79.0 cm³/mol. The molecule has 0 aliphatic heterocycles. The van der Waals surface area contributed by atoms with E-state index in [9.17, 15) is 8.42 Å². The molecule has 0 fully saturated rings. The fraction of sp³-hybridized carbons (Fsp3) is 0.357. The second-order valence-electron chi connectivity index (χ2n) is 4.76. The van der Waals surface area contributed by atoms with Gasteiger partial charge in [0.2, 0.25) is 15.9 Å². The highest BCUT2D eigenvalue weighted by molar-refractivity contribution is 7.89. The molecule has 21 heavy (non-hydrogen) atoms. The zero-order valence-corrected chi connectivity index (χ0v) is 12.9. The summed E-state index contributed by atoms with van der Waals surface area (Å²) in [5.41, 5.74) is 6.53. The Labute approximate surface area is 124 Å². The molecule has 0 spiro atoms. The minimum Gasteiger partial charge on any atom is -0.444 e. The Morgan fingerprint density at radius 3 is 2.81 bits per heavy atom. The zero-order chi connectivity index (χ0) is 15.5. The highest BCUT2D eigenvalue weighted by Gasteiger charge is 2.16. The van der Waals surface area contributed by atoms with Gasteiger partial charge in [0.25, 0.3) is 0 Å². The maximum atomic E-state index is 12.2. The van der Waals surface area contributed by atoms with Crippen LogP contribution in [0.3, 0.4) is 0 Å². The molecular weight excluding hydrogens is 290 g/mol. The van der Waals surface area contributed by atoms with E-state index in [1.807, 2.05) is 6.92 Å². The number of hydrogen-bond donors (Lipinski definition) is 2. The van der Waals surface area contributed by atoms with Gasteiger partial charge in [0.05, 0.1) is 17.6 Å². The van der Waals surface area contributed by atoms with Crippen LogP contribution in [0.25, 0.3) is 0 Å². The van der Waals surface area contributed by atoms with Gasteiger partial charge in [-0.3, -0.25) is 0 Å². The number of aryl methyl sites for hydroxylation is 1. The van der Waals surface area contributed by atoms with Gasteiger partial charge in [-0.1, -0.05) is 19.1 Å². The van der Waals surface area contributed by atoms with Crippen molar-refractivity contribution in [2.24, 2.45) is 5.73 Å². The van der Waals surface area contributed by atoms with E-state index >= 15 is 0 Å². The molecule has 3 N–H and O–H groups in total. The summed E-state index contributed by atoms with van der Waals surface area (Å²) in [6, 6.07) is 6.35. The van der Waals surface area contributed by atoms with E-state index in [4.69, 9.17) is 10.2 Å². The van der Waals surface area contributed by atoms with Crippen molar-refractivity contribution in [3.8, 4) is 0 Å². The lowest BCUT2D eigenvalue weighted by molar-refractivity contribution is 0.452. The van der Waals surface area contributed by atoms with Gasteiger partial charge in [0.15, 0.2) is 0 Å². The van der Waals surface area contributed by atoms with Crippen LogP contribution in [0.2, 0.25) is 0 Å². The molecule has 1 atom stereocenters. The normalized spacial score (nSPS) is 13.3. The Kier molecular flexibility index (Phi) is 4.76. The molecule has 7 heteroatoms. The quantitative estimate of drug-likeness (QED) is 0.847. The van der Waals surface area contributed by atoms with E-state index in [2.05, 4.69) is 9.71 Å². The summed E-state index contributed by atoms with van der Waals surface area (Å²) in [5, 5.41) is 0. The van der Waals surface area contributed by atoms with Crippen LogP contribution in [0, 0.1) is 0 Å². The molecule has 2 rings (SSSR count). The molecule has 0 amide bonds. The van der Waals surface area contributed by atoms with Crippen molar-refractivity contribution in [3.63, 3.8) is 0 Å². The van der Waals surface area contributed by atoms with Gasteiger partial charge in [-0.15, -0.1) is 0 Å². The molecule has 0 aliphatic rings. The number of nitrogens with zero attached hydrogens (tertiary/aromatic N) is 1. The molecule has 1 aromatic carbocycles. The molecule has 114 valence electrons. The van der Waals surface area contributed by atoms with Gasteiger partial charge < -0.3 is 10.2 Å². The number of oxazole rings is 1. The van der Waals surface area contributed by atoms with Crippen LogP contribution in [0.4, 0.5) is 0 Å². The minimum absolute atomic E-state index is 0.0186. The van der Waals surface area contributed by atoms with Crippen LogP contribution in [0.5, 0.6) is 0 Å². The number of nitrogens with two attached hydrogens (primary N) is 1. The molecule has 1 unspecified atom stereocenters. The summed E-state index contributed by atoms with van der Waals surface area (Å²) in [7, 11) is -3.62. The standard InChI is InChI=1S/C14H19N3O3S/c1-3-12-8-16-14(20-12)9-17-21(18,19)13-6-4-5-11(7-13)10(2)15/h4-8,10,17H,3,9,15H2,1-2H3. The van der Waals surface area contributed by atoms with Crippen molar-refractivity contribution in [2.75, 3.05) is 0 Å². The van der Waals surface area contributed by atoms with Crippen LogP contribution in [0.15, 0.2) is 39.8 Å². The molecule has 1 aromatic heterocycles. The van der Waals surface area contributed by atoms with Crippen molar-refractivity contribution >= 4 is 10.0 Å². The maximum Gasteiger partial charge on any atom is 0.241 e. The first-order valence-corrected chi connectivity index (χ1v) is 8.19. The van der Waals surface area contributed by atoms with E-state index in [-0.39, 0.29) is 17.5 Å². The van der Waals surface area contributed by atoms with Gasteiger partial charge in [0.1, 0.15) is 5.76 Å². The highest BCUT2D eigenvalue weighted by atomic mass is 32.2. The Morgan fingerprint density at radius 2 is 2.19 bits per heavy atom. The number of aromatic nitrogens is 1. The monoisotopic (exact) mass is 309 g/mol. The van der Waals surface area contributed by atoms with E-state index in [1.165, 1.54) is 6.07 Å². The Morgan fingerprint density at radius 1 is 1.43 bits per heavy atom. The molecule has 0 bridgehead atoms. The fourth-order valence-electron chi connectivity index (χ4n) is 1.80. The number of nitrogens with one attached hydrogen (secondary N) is 1. The van der Waals surface area contributed by atoms with Crippen LogP contribution < -0.4 is 10.5 Å². The van der Waals surface area contributed by atoms with E-state index in [0.717, 1.165) is 17.7 Å². The molecule has 1 heterocycles. The molecule has 0 saturated heterocycles. The van der Waals surface area contributed by atoms with Gasteiger partial charge in [-0.25, -0.2) is 18.1 Å². The van der Waals surface area contributed by atoms with Gasteiger partial charge in [0, 0.05) is 12.5 Å². The van der Waals surface area contributed by atoms with Crippen LogP contribution >= 0.6 is 0 Å². The Balaban J connectivity index is 2.12. The van der Waals surface area contributed by atoms with Crippen LogP contribution in [-0.2, 0) is 23.0 Å². The number of hydrogen-bond acceptors (Lipinski definition) is 5. The average Bonchev–Trinajstić information content (AvgIpc) is 2.93. The number of benzene rings is 1. The second kappa shape index (κ2) is 6.38. The lowest BCUT2D eigenvalue weighted by Crippen LogP contribution is -2.23. The summed E-state index contributed by atoms with van der Waals surface area (Å²) in [4.78, 5) is 4.20. The summed E-state index contributed by atoms with van der Waals surface area (Å²) in [5.74, 6) is 1.07. The van der Waals surface area contributed by atoms with Crippen molar-refractivity contribution in [2.45, 2.75) is 37.8 Å². The first kappa shape index (κ1) is 15.7. The molecule has 2 aromatic rings. The zero-order valence-electron chi connectivity index (χ0n) is 12.0. The van der Waals surface area contributed by atoms with Gasteiger partial charge in [-0.05, 0) is 24.6 Å². The molecule has 0 aliphatic carbocycles. The van der Waals surface area contributed by atoms with Gasteiger partial charge in [-0.2, -0.15) is 0 Å². The molecular formula is C14H19N3O3S. The van der Waals surface area contributed by atoms with Crippen LogP contribution in [-0.4, -0.2) is 13.4 Å². The van der Waals surface area contributed by atoms with E-state index in [1.54, 1.807) is 31.3 Å². The molecule has 0 radical (unpaired) electrons. The summed E-state index contributed by atoms with van der Waals surface area (Å²) in [6.07, 6.45) is 2.32. The SMILES string of the molecule is CCc1cnc(CNS(=O)(=O)c2cccc(C(C)N)c2)o1. The fourth-order valence-corrected chi connectivity index (χ4v) is 2.83. The van der Waals surface area contributed by atoms with Crippen molar-refractivity contribution in [1.82, 2.24) is 9.71 Å². The lowest BCUT2D eigenvalue weighted by atomic mass is 10.1. The predicted octanol–water partition coefficient (Wildman–Crippen LogP) is 1.74. The third-order valence-corrected chi connectivity index (χ3v) is 4.46. The van der Waals surface area contributed by atoms with Crippen molar-refractivity contribution < 1.29 is 12.8 Å². The first-order chi connectivity index (χ1) is 9.92.